The van der Waals surface area contributed by atoms with E-state index in [-0.39, 0.29) is 17.5 Å². The molecule has 0 bridgehead atoms. The van der Waals surface area contributed by atoms with Gasteiger partial charge in [0.15, 0.2) is 0 Å². The Kier molecular flexibility index (Phi) is 6.76. The summed E-state index contributed by atoms with van der Waals surface area (Å²) in [6, 6.07) is 12.3. The van der Waals surface area contributed by atoms with Gasteiger partial charge in [-0.15, -0.1) is 0 Å². The normalized spacial score (nSPS) is 13.8. The summed E-state index contributed by atoms with van der Waals surface area (Å²) in [4.78, 5) is 49.2. The van der Waals surface area contributed by atoms with Crippen molar-refractivity contribution in [3.8, 4) is 11.1 Å². The van der Waals surface area contributed by atoms with Crippen LogP contribution < -0.4 is 5.32 Å². The first kappa shape index (κ1) is 21.7. The van der Waals surface area contributed by atoms with E-state index in [0.717, 1.165) is 0 Å². The summed E-state index contributed by atoms with van der Waals surface area (Å²) < 4.78 is 0. The Balaban J connectivity index is 1.89. The monoisotopic (exact) mass is 421 g/mol. The van der Waals surface area contributed by atoms with E-state index in [4.69, 9.17) is 0 Å². The number of carbonyl (C=O) groups excluding carboxylic acids is 3. The molecule has 0 atom stereocenters. The summed E-state index contributed by atoms with van der Waals surface area (Å²) in [7, 11) is 0. The molecule has 0 saturated carbocycles. The molecule has 9 nitrogen and oxygen atoms in total. The second-order valence-corrected chi connectivity index (χ2v) is 6.92. The van der Waals surface area contributed by atoms with Gasteiger partial charge < -0.3 is 15.1 Å². The lowest BCUT2D eigenvalue weighted by atomic mass is 9.97. The zero-order chi connectivity index (χ0) is 22.4. The van der Waals surface area contributed by atoms with E-state index >= 15 is 0 Å². The Bertz CT molecular complexity index is 1040. The maximum absolute atomic E-state index is 12.6. The van der Waals surface area contributed by atoms with Gasteiger partial charge in [0.25, 0.3) is 5.69 Å². The molecular weight excluding hydrogens is 400 g/mol. The number of nitrogens with zero attached hydrogens (tertiary/aromatic N) is 3. The highest BCUT2D eigenvalue weighted by Crippen LogP contribution is 2.35. The van der Waals surface area contributed by atoms with Gasteiger partial charge in [0.1, 0.15) is 0 Å². The highest BCUT2D eigenvalue weighted by molar-refractivity contribution is 5.94. The number of nitro groups is 1. The highest BCUT2D eigenvalue weighted by Gasteiger charge is 2.22. The van der Waals surface area contributed by atoms with Crippen LogP contribution in [0.15, 0.2) is 42.5 Å². The molecule has 3 amide bonds. The van der Waals surface area contributed by atoms with Gasteiger partial charge in [0, 0.05) is 44.9 Å². The largest absolute Gasteiger partial charge is 0.339 e. The summed E-state index contributed by atoms with van der Waals surface area (Å²) in [6.07, 6.45) is 3.44. The third-order valence-electron chi connectivity index (χ3n) is 5.01. The fourth-order valence-corrected chi connectivity index (χ4v) is 3.43. The van der Waals surface area contributed by atoms with Crippen LogP contribution in [0.25, 0.3) is 17.2 Å². The highest BCUT2D eigenvalue weighted by atomic mass is 16.6. The number of piperazine rings is 1. The summed E-state index contributed by atoms with van der Waals surface area (Å²) in [5, 5.41) is 14.1. The molecule has 1 radical (unpaired) electrons. The van der Waals surface area contributed by atoms with Crippen molar-refractivity contribution in [1.29, 1.82) is 0 Å². The van der Waals surface area contributed by atoms with Gasteiger partial charge in [-0.1, -0.05) is 18.2 Å². The molecule has 1 saturated heterocycles. The molecule has 2 aromatic carbocycles. The van der Waals surface area contributed by atoms with Gasteiger partial charge in [-0.2, -0.15) is 0 Å². The van der Waals surface area contributed by atoms with E-state index in [0.29, 0.717) is 55.0 Å². The van der Waals surface area contributed by atoms with Crippen LogP contribution in [0.4, 0.5) is 11.4 Å². The molecule has 0 unspecified atom stereocenters. The molecule has 3 rings (SSSR count). The molecule has 0 aliphatic carbocycles. The number of nitro benzene ring substituents is 1. The van der Waals surface area contributed by atoms with Crippen molar-refractivity contribution in [2.75, 3.05) is 31.5 Å². The quantitative estimate of drug-likeness (QED) is 0.333. The van der Waals surface area contributed by atoms with E-state index < -0.39 is 4.92 Å². The first-order valence-corrected chi connectivity index (χ1v) is 9.63. The predicted molar refractivity (Wildman–Crippen MR) is 115 cm³/mol. The Hall–Kier alpha value is -4.01. The number of anilines is 1. The molecule has 1 heterocycles. The molecule has 1 aliphatic heterocycles. The molecule has 0 spiro atoms. The minimum atomic E-state index is -0.532. The van der Waals surface area contributed by atoms with Crippen LogP contribution in [0.3, 0.4) is 0 Å². The number of amides is 3. The fraction of sp³-hybridized carbons (Fsp3) is 0.227. The molecule has 1 aliphatic rings. The van der Waals surface area contributed by atoms with Crippen molar-refractivity contribution in [2.24, 2.45) is 0 Å². The smallest absolute Gasteiger partial charge is 0.285 e. The SMILES string of the molecule is CC(=O)N1CCN(C(=O)/C=C/c2cc[c]c([N+](=O)[O-])c2-c2cccc(NC=O)c2)CC1. The van der Waals surface area contributed by atoms with E-state index in [2.05, 4.69) is 11.4 Å². The summed E-state index contributed by atoms with van der Waals surface area (Å²) in [5.41, 5.74) is 1.54. The second-order valence-electron chi connectivity index (χ2n) is 6.92. The summed E-state index contributed by atoms with van der Waals surface area (Å²) in [5.74, 6) is -0.257. The number of benzene rings is 2. The average Bonchev–Trinajstić information content (AvgIpc) is 2.77. The lowest BCUT2D eigenvalue weighted by Gasteiger charge is -2.33. The number of carbonyl (C=O) groups is 3. The first-order chi connectivity index (χ1) is 14.9. The minimum absolute atomic E-state index is 0.0218. The van der Waals surface area contributed by atoms with Crippen molar-refractivity contribution in [1.82, 2.24) is 9.80 Å². The van der Waals surface area contributed by atoms with Crippen LogP contribution in [0.1, 0.15) is 12.5 Å². The number of hydrogen-bond acceptors (Lipinski definition) is 5. The van der Waals surface area contributed by atoms with Crippen LogP contribution in [-0.2, 0) is 14.4 Å². The summed E-state index contributed by atoms with van der Waals surface area (Å²) >= 11 is 0. The van der Waals surface area contributed by atoms with E-state index in [1.807, 2.05) is 0 Å². The van der Waals surface area contributed by atoms with Crippen molar-refractivity contribution < 1.29 is 19.3 Å². The van der Waals surface area contributed by atoms with Crippen LogP contribution in [0.5, 0.6) is 0 Å². The Morgan fingerprint density at radius 1 is 1.16 bits per heavy atom. The number of nitrogens with one attached hydrogen (secondary N) is 1. The Labute approximate surface area is 179 Å². The molecule has 2 aromatic rings. The van der Waals surface area contributed by atoms with E-state index in [1.54, 1.807) is 40.1 Å². The zero-order valence-corrected chi connectivity index (χ0v) is 16.9. The average molecular weight is 421 g/mol. The second kappa shape index (κ2) is 9.66. The first-order valence-electron chi connectivity index (χ1n) is 9.63. The minimum Gasteiger partial charge on any atom is -0.339 e. The molecule has 1 fully saturated rings. The standard InChI is InChI=1S/C22H21N4O5/c1-16(28)24-10-12-25(13-11-24)21(29)9-8-17-4-3-7-20(26(30)31)22(17)18-5-2-6-19(14-18)23-15-27/h2-6,8-9,14-15H,10-13H2,1H3,(H,23,27)/b9-8+. The summed E-state index contributed by atoms with van der Waals surface area (Å²) in [6.45, 7) is 3.30. The zero-order valence-electron chi connectivity index (χ0n) is 16.9. The van der Waals surface area contributed by atoms with Crippen molar-refractivity contribution in [3.05, 3.63) is 64.2 Å². The topological polar surface area (TPSA) is 113 Å². The van der Waals surface area contributed by atoms with Crippen LogP contribution >= 0.6 is 0 Å². The van der Waals surface area contributed by atoms with Crippen molar-refractivity contribution >= 4 is 35.7 Å². The Morgan fingerprint density at radius 3 is 2.52 bits per heavy atom. The molecule has 9 heteroatoms. The van der Waals surface area contributed by atoms with Gasteiger partial charge in [-0.25, -0.2) is 0 Å². The maximum Gasteiger partial charge on any atom is 0.285 e. The van der Waals surface area contributed by atoms with E-state index in [1.165, 1.54) is 25.1 Å². The third-order valence-corrected chi connectivity index (χ3v) is 5.01. The fourth-order valence-electron chi connectivity index (χ4n) is 3.43. The van der Waals surface area contributed by atoms with Gasteiger partial charge in [-0.3, -0.25) is 24.5 Å². The van der Waals surface area contributed by atoms with Crippen LogP contribution in [-0.4, -0.2) is 59.1 Å². The molecule has 0 aromatic heterocycles. The van der Waals surface area contributed by atoms with Gasteiger partial charge >= 0.3 is 0 Å². The van der Waals surface area contributed by atoms with Crippen LogP contribution in [0, 0.1) is 16.2 Å². The number of rotatable bonds is 6. The van der Waals surface area contributed by atoms with Crippen LogP contribution in [0.2, 0.25) is 0 Å². The lowest BCUT2D eigenvalue weighted by molar-refractivity contribution is -0.384. The molecule has 159 valence electrons. The Morgan fingerprint density at radius 2 is 1.87 bits per heavy atom. The third kappa shape index (κ3) is 5.13. The van der Waals surface area contributed by atoms with Gasteiger partial charge in [0.05, 0.1) is 16.6 Å². The van der Waals surface area contributed by atoms with Crippen molar-refractivity contribution in [3.63, 3.8) is 0 Å². The van der Waals surface area contributed by atoms with Gasteiger partial charge in [0.2, 0.25) is 18.2 Å². The predicted octanol–water partition coefficient (Wildman–Crippen LogP) is 2.33. The van der Waals surface area contributed by atoms with E-state index in [9.17, 15) is 24.5 Å². The molecule has 1 N–H and O–H groups in total. The van der Waals surface area contributed by atoms with Crippen molar-refractivity contribution in [2.45, 2.75) is 6.92 Å². The lowest BCUT2D eigenvalue weighted by Crippen LogP contribution is -2.49. The molecular formula is C22H21N4O5. The van der Waals surface area contributed by atoms with Gasteiger partial charge in [-0.05, 0) is 35.4 Å². The number of hydrogen-bond donors (Lipinski definition) is 1. The molecule has 31 heavy (non-hydrogen) atoms. The maximum atomic E-state index is 12.6.